The molecule has 1 heterocycles. The lowest BCUT2D eigenvalue weighted by Crippen LogP contribution is -2.06. The van der Waals surface area contributed by atoms with Crippen molar-refractivity contribution in [1.82, 2.24) is 4.98 Å². The Labute approximate surface area is 97.9 Å². The molecule has 1 aromatic heterocycles. The highest BCUT2D eigenvalue weighted by Gasteiger charge is 2.05. The molecule has 4 nitrogen and oxygen atoms in total. The highest BCUT2D eigenvalue weighted by atomic mass is 35.5. The van der Waals surface area contributed by atoms with Crippen molar-refractivity contribution in [1.29, 1.82) is 0 Å². The van der Waals surface area contributed by atoms with Gasteiger partial charge in [0.1, 0.15) is 11.6 Å². The summed E-state index contributed by atoms with van der Waals surface area (Å²) in [4.78, 5) is 25.8. The zero-order chi connectivity index (χ0) is 12.0. The molecule has 0 aliphatic rings. The molecule has 0 atom stereocenters. The van der Waals surface area contributed by atoms with Crippen LogP contribution in [0.25, 0.3) is 6.08 Å². The van der Waals surface area contributed by atoms with Gasteiger partial charge in [0.2, 0.25) is 0 Å². The van der Waals surface area contributed by atoms with Gasteiger partial charge in [-0.05, 0) is 23.8 Å². The van der Waals surface area contributed by atoms with Crippen molar-refractivity contribution < 1.29 is 14.3 Å². The van der Waals surface area contributed by atoms with Crippen molar-refractivity contribution >= 4 is 29.4 Å². The van der Waals surface area contributed by atoms with Crippen LogP contribution in [0.15, 0.2) is 24.4 Å². The second-order valence-electron chi connectivity index (χ2n) is 2.97. The summed E-state index contributed by atoms with van der Waals surface area (Å²) in [6.07, 6.45) is 4.15. The first-order chi connectivity index (χ1) is 7.61. The van der Waals surface area contributed by atoms with Crippen molar-refractivity contribution in [3.05, 3.63) is 35.1 Å². The molecular formula is C11H10ClNO3. The van der Waals surface area contributed by atoms with E-state index in [-0.39, 0.29) is 12.2 Å². The molecular weight excluding hydrogens is 230 g/mol. The highest BCUT2D eigenvalue weighted by molar-refractivity contribution is 6.29. The van der Waals surface area contributed by atoms with Crippen LogP contribution >= 0.6 is 11.6 Å². The van der Waals surface area contributed by atoms with Crippen molar-refractivity contribution in [2.75, 3.05) is 7.11 Å². The number of hydrogen-bond acceptors (Lipinski definition) is 4. The average molecular weight is 240 g/mol. The second kappa shape index (κ2) is 6.02. The molecule has 16 heavy (non-hydrogen) atoms. The minimum atomic E-state index is -0.552. The fraction of sp³-hybridized carbons (Fsp3) is 0.182. The lowest BCUT2D eigenvalue weighted by atomic mass is 10.2. The van der Waals surface area contributed by atoms with E-state index in [2.05, 4.69) is 9.72 Å². The maximum Gasteiger partial charge on any atom is 0.313 e. The predicted octanol–water partition coefficient (Wildman–Crippen LogP) is 1.88. The van der Waals surface area contributed by atoms with Crippen LogP contribution < -0.4 is 0 Å². The van der Waals surface area contributed by atoms with E-state index in [4.69, 9.17) is 11.6 Å². The maximum absolute atomic E-state index is 11.2. The van der Waals surface area contributed by atoms with E-state index >= 15 is 0 Å². The van der Waals surface area contributed by atoms with Crippen molar-refractivity contribution in [3.8, 4) is 0 Å². The van der Waals surface area contributed by atoms with Gasteiger partial charge in [-0.3, -0.25) is 9.59 Å². The van der Waals surface area contributed by atoms with E-state index in [9.17, 15) is 9.59 Å². The Morgan fingerprint density at radius 3 is 2.81 bits per heavy atom. The molecule has 0 aromatic carbocycles. The summed E-state index contributed by atoms with van der Waals surface area (Å²) < 4.78 is 4.37. The summed E-state index contributed by atoms with van der Waals surface area (Å²) in [6.45, 7) is 0. The molecule has 0 saturated heterocycles. The fourth-order valence-electron chi connectivity index (χ4n) is 0.948. The Hall–Kier alpha value is -1.68. The van der Waals surface area contributed by atoms with Crippen LogP contribution in [0.1, 0.15) is 12.0 Å². The van der Waals surface area contributed by atoms with Crippen LogP contribution in [0.4, 0.5) is 0 Å². The normalized spacial score (nSPS) is 10.4. The SMILES string of the molecule is COC(=O)CC(=O)C=Cc1ccc(Cl)nc1. The predicted molar refractivity (Wildman–Crippen MR) is 59.9 cm³/mol. The van der Waals surface area contributed by atoms with Crippen LogP contribution in [-0.2, 0) is 14.3 Å². The molecule has 1 aromatic rings. The first-order valence-corrected chi connectivity index (χ1v) is 4.89. The van der Waals surface area contributed by atoms with Gasteiger partial charge in [0, 0.05) is 6.20 Å². The largest absolute Gasteiger partial charge is 0.469 e. The quantitative estimate of drug-likeness (QED) is 0.348. The lowest BCUT2D eigenvalue weighted by Gasteiger charge is -1.94. The summed E-state index contributed by atoms with van der Waals surface area (Å²) in [5.41, 5.74) is 0.739. The Morgan fingerprint density at radius 2 is 2.25 bits per heavy atom. The zero-order valence-electron chi connectivity index (χ0n) is 8.64. The molecule has 0 spiro atoms. The molecule has 0 N–H and O–H groups in total. The summed E-state index contributed by atoms with van der Waals surface area (Å²) in [7, 11) is 1.24. The van der Waals surface area contributed by atoms with E-state index in [1.54, 1.807) is 18.2 Å². The van der Waals surface area contributed by atoms with Crippen molar-refractivity contribution in [3.63, 3.8) is 0 Å². The molecule has 0 unspecified atom stereocenters. The molecule has 0 radical (unpaired) electrons. The van der Waals surface area contributed by atoms with E-state index in [0.29, 0.717) is 5.15 Å². The number of hydrogen-bond donors (Lipinski definition) is 0. The molecule has 0 bridgehead atoms. The van der Waals surface area contributed by atoms with Crippen LogP contribution in [0.2, 0.25) is 5.15 Å². The molecule has 1 rings (SSSR count). The van der Waals surface area contributed by atoms with Gasteiger partial charge < -0.3 is 4.74 Å². The van der Waals surface area contributed by atoms with Gasteiger partial charge in [-0.2, -0.15) is 0 Å². The summed E-state index contributed by atoms with van der Waals surface area (Å²) >= 11 is 5.60. The molecule has 0 aliphatic heterocycles. The number of methoxy groups -OCH3 is 1. The number of esters is 1. The molecule has 0 aliphatic carbocycles. The molecule has 84 valence electrons. The smallest absolute Gasteiger partial charge is 0.313 e. The number of allylic oxidation sites excluding steroid dienone is 1. The van der Waals surface area contributed by atoms with Crippen LogP contribution in [0.5, 0.6) is 0 Å². The number of aromatic nitrogens is 1. The van der Waals surface area contributed by atoms with Crippen LogP contribution in [0, 0.1) is 0 Å². The first kappa shape index (κ1) is 12.4. The molecule has 0 saturated carbocycles. The third kappa shape index (κ3) is 4.23. The number of nitrogens with zero attached hydrogens (tertiary/aromatic N) is 1. The Balaban J connectivity index is 2.56. The summed E-state index contributed by atoms with van der Waals surface area (Å²) in [5, 5.41) is 0.387. The Bertz CT molecular complexity index is 412. The third-order valence-corrected chi connectivity index (χ3v) is 1.98. The molecule has 0 fully saturated rings. The lowest BCUT2D eigenvalue weighted by molar-refractivity contribution is -0.142. The van der Waals surface area contributed by atoms with Gasteiger partial charge in [-0.1, -0.05) is 17.7 Å². The Morgan fingerprint density at radius 1 is 1.50 bits per heavy atom. The number of carbonyl (C=O) groups excluding carboxylic acids is 2. The van der Waals surface area contributed by atoms with Gasteiger partial charge in [0.15, 0.2) is 5.78 Å². The zero-order valence-corrected chi connectivity index (χ0v) is 9.40. The van der Waals surface area contributed by atoms with E-state index in [0.717, 1.165) is 5.56 Å². The van der Waals surface area contributed by atoms with Gasteiger partial charge in [0.05, 0.1) is 7.11 Å². The minimum Gasteiger partial charge on any atom is -0.469 e. The number of halogens is 1. The van der Waals surface area contributed by atoms with E-state index in [1.807, 2.05) is 0 Å². The fourth-order valence-corrected chi connectivity index (χ4v) is 1.06. The van der Waals surface area contributed by atoms with Gasteiger partial charge in [-0.25, -0.2) is 4.98 Å². The van der Waals surface area contributed by atoms with Crippen molar-refractivity contribution in [2.45, 2.75) is 6.42 Å². The van der Waals surface area contributed by atoms with Crippen LogP contribution in [-0.4, -0.2) is 23.8 Å². The number of ether oxygens (including phenoxy) is 1. The number of ketones is 1. The topological polar surface area (TPSA) is 56.3 Å². The summed E-state index contributed by atoms with van der Waals surface area (Å²) in [6, 6.07) is 3.34. The average Bonchev–Trinajstić information content (AvgIpc) is 2.28. The Kier molecular flexibility index (Phi) is 4.66. The van der Waals surface area contributed by atoms with Crippen LogP contribution in [0.3, 0.4) is 0 Å². The van der Waals surface area contributed by atoms with Crippen molar-refractivity contribution in [2.24, 2.45) is 0 Å². The standard InChI is InChI=1S/C11H10ClNO3/c1-16-11(15)6-9(14)4-2-8-3-5-10(12)13-7-8/h2-5,7H,6H2,1H3. The van der Waals surface area contributed by atoms with E-state index in [1.165, 1.54) is 19.4 Å². The minimum absolute atomic E-state index is 0.256. The third-order valence-electron chi connectivity index (χ3n) is 1.76. The first-order valence-electron chi connectivity index (χ1n) is 4.51. The molecule has 5 heteroatoms. The molecule has 0 amide bonds. The number of rotatable bonds is 4. The van der Waals surface area contributed by atoms with Gasteiger partial charge in [0.25, 0.3) is 0 Å². The number of pyridine rings is 1. The maximum atomic E-state index is 11.2. The van der Waals surface area contributed by atoms with Gasteiger partial charge >= 0.3 is 5.97 Å². The second-order valence-corrected chi connectivity index (χ2v) is 3.35. The van der Waals surface area contributed by atoms with Gasteiger partial charge in [-0.15, -0.1) is 0 Å². The highest BCUT2D eigenvalue weighted by Crippen LogP contribution is 2.06. The number of carbonyl (C=O) groups is 2. The summed E-state index contributed by atoms with van der Waals surface area (Å²) in [5.74, 6) is -0.870. The monoisotopic (exact) mass is 239 g/mol. The van der Waals surface area contributed by atoms with E-state index < -0.39 is 5.97 Å².